The van der Waals surface area contributed by atoms with Crippen LogP contribution in [-0.2, 0) is 19.4 Å². The van der Waals surface area contributed by atoms with Gasteiger partial charge in [-0.2, -0.15) is 5.10 Å². The number of H-pyrrole nitrogens is 1. The van der Waals surface area contributed by atoms with Gasteiger partial charge in [-0.1, -0.05) is 30.3 Å². The van der Waals surface area contributed by atoms with Gasteiger partial charge in [-0.25, -0.2) is 4.98 Å². The molecular weight excluding hydrogens is 298 g/mol. The van der Waals surface area contributed by atoms with Gasteiger partial charge in [-0.05, 0) is 24.1 Å². The van der Waals surface area contributed by atoms with E-state index in [2.05, 4.69) is 44.3 Å². The van der Waals surface area contributed by atoms with Crippen molar-refractivity contribution in [3.05, 3.63) is 65.5 Å². The lowest BCUT2D eigenvalue weighted by Gasteiger charge is -2.19. The Morgan fingerprint density at radius 1 is 1.08 bits per heavy atom. The van der Waals surface area contributed by atoms with Gasteiger partial charge in [0.15, 0.2) is 0 Å². The van der Waals surface area contributed by atoms with Crippen LogP contribution in [0.5, 0.6) is 0 Å². The summed E-state index contributed by atoms with van der Waals surface area (Å²) in [5.41, 5.74) is 11.9. The molecule has 5 heteroatoms. The zero-order chi connectivity index (χ0) is 16.4. The Morgan fingerprint density at radius 3 is 2.75 bits per heavy atom. The Balaban J connectivity index is 1.51. The van der Waals surface area contributed by atoms with Gasteiger partial charge in [0.25, 0.3) is 0 Å². The molecule has 0 amide bonds. The maximum absolute atomic E-state index is 5.79. The zero-order valence-corrected chi connectivity index (χ0v) is 13.6. The van der Waals surface area contributed by atoms with E-state index in [1.807, 2.05) is 18.2 Å². The summed E-state index contributed by atoms with van der Waals surface area (Å²) in [6.45, 7) is 2.95. The zero-order valence-electron chi connectivity index (χ0n) is 13.6. The summed E-state index contributed by atoms with van der Waals surface area (Å²) in [6, 6.07) is 14.4. The normalized spacial score (nSPS) is 15.0. The average Bonchev–Trinajstić information content (AvgIpc) is 2.91. The van der Waals surface area contributed by atoms with Crippen molar-refractivity contribution >= 4 is 5.82 Å². The first-order valence-corrected chi connectivity index (χ1v) is 8.34. The molecule has 122 valence electrons. The van der Waals surface area contributed by atoms with Crippen LogP contribution in [0.4, 0.5) is 5.82 Å². The second-order valence-corrected chi connectivity index (χ2v) is 6.26. The second kappa shape index (κ2) is 6.45. The number of nitrogens with two attached hydrogens (primary N) is 1. The first kappa shape index (κ1) is 14.9. The van der Waals surface area contributed by atoms with Gasteiger partial charge in [0, 0.05) is 49.1 Å². The Kier molecular flexibility index (Phi) is 4.01. The predicted molar refractivity (Wildman–Crippen MR) is 95.4 cm³/mol. The minimum atomic E-state index is 0.586. The fraction of sp³-hybridized carbons (Fsp3) is 0.263. The third kappa shape index (κ3) is 3.03. The van der Waals surface area contributed by atoms with E-state index < -0.39 is 0 Å². The average molecular weight is 319 g/mol. The Labute approximate surface area is 141 Å². The molecule has 5 nitrogen and oxygen atoms in total. The van der Waals surface area contributed by atoms with Crippen molar-refractivity contribution in [2.45, 2.75) is 19.4 Å². The molecule has 4 rings (SSSR count). The van der Waals surface area contributed by atoms with Crippen molar-refractivity contribution in [1.29, 1.82) is 0 Å². The fourth-order valence-electron chi connectivity index (χ4n) is 3.37. The third-order valence-electron chi connectivity index (χ3n) is 4.61. The Hall–Kier alpha value is -2.66. The summed E-state index contributed by atoms with van der Waals surface area (Å²) in [5.74, 6) is 0.586. The van der Waals surface area contributed by atoms with E-state index in [9.17, 15) is 0 Å². The lowest BCUT2D eigenvalue weighted by atomic mass is 10.0. The highest BCUT2D eigenvalue weighted by Crippen LogP contribution is 2.26. The molecule has 1 aliphatic heterocycles. The SMILES string of the molecule is Nc1cc(CN2CCc3[nH]nc(-c4ccccc4)c3CC2)ccn1. The molecule has 0 spiro atoms. The molecule has 3 aromatic rings. The molecule has 3 N–H and O–H groups in total. The first-order chi connectivity index (χ1) is 11.8. The van der Waals surface area contributed by atoms with Crippen LogP contribution in [0.15, 0.2) is 48.7 Å². The number of hydrogen-bond acceptors (Lipinski definition) is 4. The van der Waals surface area contributed by atoms with Crippen LogP contribution in [0, 0.1) is 0 Å². The van der Waals surface area contributed by atoms with Gasteiger partial charge in [-0.3, -0.25) is 10.00 Å². The second-order valence-electron chi connectivity index (χ2n) is 6.26. The molecule has 2 aromatic heterocycles. The maximum Gasteiger partial charge on any atom is 0.123 e. The predicted octanol–water partition coefficient (Wildman–Crippen LogP) is 2.65. The number of nitrogens with one attached hydrogen (secondary N) is 1. The van der Waals surface area contributed by atoms with E-state index in [-0.39, 0.29) is 0 Å². The number of pyridine rings is 1. The van der Waals surface area contributed by atoms with Crippen molar-refractivity contribution in [1.82, 2.24) is 20.1 Å². The quantitative estimate of drug-likeness (QED) is 0.778. The summed E-state index contributed by atoms with van der Waals surface area (Å²) < 4.78 is 0. The van der Waals surface area contributed by atoms with Gasteiger partial charge in [0.1, 0.15) is 5.82 Å². The third-order valence-corrected chi connectivity index (χ3v) is 4.61. The molecule has 3 heterocycles. The van der Waals surface area contributed by atoms with Crippen LogP contribution < -0.4 is 5.73 Å². The van der Waals surface area contributed by atoms with Crippen molar-refractivity contribution in [2.24, 2.45) is 0 Å². The summed E-state index contributed by atoms with van der Waals surface area (Å²) in [4.78, 5) is 6.54. The molecule has 0 atom stereocenters. The number of hydrogen-bond donors (Lipinski definition) is 2. The number of aromatic amines is 1. The highest BCUT2D eigenvalue weighted by Gasteiger charge is 2.20. The monoisotopic (exact) mass is 319 g/mol. The highest BCUT2D eigenvalue weighted by molar-refractivity contribution is 5.64. The van der Waals surface area contributed by atoms with Crippen molar-refractivity contribution < 1.29 is 0 Å². The van der Waals surface area contributed by atoms with Gasteiger partial charge in [-0.15, -0.1) is 0 Å². The van der Waals surface area contributed by atoms with E-state index in [1.54, 1.807) is 6.20 Å². The van der Waals surface area contributed by atoms with Crippen molar-refractivity contribution in [3.8, 4) is 11.3 Å². The Morgan fingerprint density at radius 2 is 1.92 bits per heavy atom. The van der Waals surface area contributed by atoms with E-state index in [0.717, 1.165) is 38.2 Å². The molecule has 0 radical (unpaired) electrons. The maximum atomic E-state index is 5.79. The molecule has 1 aromatic carbocycles. The molecule has 24 heavy (non-hydrogen) atoms. The van der Waals surface area contributed by atoms with E-state index in [0.29, 0.717) is 5.82 Å². The van der Waals surface area contributed by atoms with Gasteiger partial charge in [0.2, 0.25) is 0 Å². The molecule has 0 bridgehead atoms. The molecule has 1 aliphatic rings. The summed E-state index contributed by atoms with van der Waals surface area (Å²) in [5, 5.41) is 7.81. The van der Waals surface area contributed by atoms with E-state index >= 15 is 0 Å². The number of benzene rings is 1. The summed E-state index contributed by atoms with van der Waals surface area (Å²) in [7, 11) is 0. The number of nitrogens with zero attached hydrogens (tertiary/aromatic N) is 3. The van der Waals surface area contributed by atoms with Gasteiger partial charge in [0.05, 0.1) is 5.69 Å². The lowest BCUT2D eigenvalue weighted by Crippen LogP contribution is -2.26. The van der Waals surface area contributed by atoms with Crippen molar-refractivity contribution in [2.75, 3.05) is 18.8 Å². The largest absolute Gasteiger partial charge is 0.384 e. The summed E-state index contributed by atoms with van der Waals surface area (Å²) in [6.07, 6.45) is 3.79. The number of anilines is 1. The van der Waals surface area contributed by atoms with E-state index in [4.69, 9.17) is 5.73 Å². The smallest absolute Gasteiger partial charge is 0.123 e. The van der Waals surface area contributed by atoms with Crippen LogP contribution in [0.2, 0.25) is 0 Å². The van der Waals surface area contributed by atoms with Gasteiger partial charge < -0.3 is 5.73 Å². The Bertz CT molecular complexity index is 825. The highest BCUT2D eigenvalue weighted by atomic mass is 15.2. The number of fused-ring (bicyclic) bond motifs is 1. The topological polar surface area (TPSA) is 70.8 Å². The lowest BCUT2D eigenvalue weighted by molar-refractivity contribution is 0.278. The number of rotatable bonds is 3. The van der Waals surface area contributed by atoms with Crippen molar-refractivity contribution in [3.63, 3.8) is 0 Å². The fourth-order valence-corrected chi connectivity index (χ4v) is 3.37. The van der Waals surface area contributed by atoms with Crippen LogP contribution >= 0.6 is 0 Å². The van der Waals surface area contributed by atoms with Gasteiger partial charge >= 0.3 is 0 Å². The van der Waals surface area contributed by atoms with Crippen LogP contribution in [0.3, 0.4) is 0 Å². The molecule has 0 aliphatic carbocycles. The molecule has 0 saturated carbocycles. The number of aromatic nitrogens is 3. The first-order valence-electron chi connectivity index (χ1n) is 8.34. The minimum Gasteiger partial charge on any atom is -0.384 e. The van der Waals surface area contributed by atoms with Crippen LogP contribution in [0.1, 0.15) is 16.8 Å². The molecule has 0 saturated heterocycles. The molecule has 0 unspecified atom stereocenters. The minimum absolute atomic E-state index is 0.586. The number of nitrogen functional groups attached to an aromatic ring is 1. The molecular formula is C19H21N5. The molecule has 0 fully saturated rings. The van der Waals surface area contributed by atoms with Crippen LogP contribution in [-0.4, -0.2) is 33.2 Å². The summed E-state index contributed by atoms with van der Waals surface area (Å²) >= 11 is 0. The van der Waals surface area contributed by atoms with E-state index in [1.165, 1.54) is 22.4 Å². The standard InChI is InChI=1S/C19H21N5/c20-18-12-14(6-9-21-18)13-24-10-7-16-17(8-11-24)22-23-19(16)15-4-2-1-3-5-15/h1-6,9,12H,7-8,10-11,13H2,(H2,20,21)(H,22,23). The van der Waals surface area contributed by atoms with Crippen LogP contribution in [0.25, 0.3) is 11.3 Å².